The zero-order valence-corrected chi connectivity index (χ0v) is 24.3. The van der Waals surface area contributed by atoms with E-state index in [1.165, 1.54) is 69.5 Å². The van der Waals surface area contributed by atoms with Crippen LogP contribution < -0.4 is 5.19 Å². The summed E-state index contributed by atoms with van der Waals surface area (Å²) in [5, 5.41) is 6.74. The molecule has 0 amide bonds. The molecule has 0 spiro atoms. The Morgan fingerprint density at radius 2 is 1.03 bits per heavy atom. The average molecular weight is 535 g/mol. The predicted molar refractivity (Wildman–Crippen MR) is 176 cm³/mol. The Hall–Kier alpha value is -3.98. The highest BCUT2D eigenvalue weighted by Crippen LogP contribution is 2.40. The van der Waals surface area contributed by atoms with Crippen LogP contribution in [0.2, 0.25) is 19.6 Å². The largest absolute Gasteiger partial charge is 0.135 e. The first-order valence-electron chi connectivity index (χ1n) is 13.6. The number of rotatable bonds is 4. The molecule has 0 aliphatic heterocycles. The molecule has 0 nitrogen and oxygen atoms in total. The second kappa shape index (κ2) is 9.34. The summed E-state index contributed by atoms with van der Waals surface area (Å²) in [4.78, 5) is 0. The van der Waals surface area contributed by atoms with Crippen molar-refractivity contribution in [2.75, 3.05) is 0 Å². The molecular formula is C37H30SSi. The third-order valence-electron chi connectivity index (χ3n) is 7.86. The standard InChI is InChI=1S/C37H30SSi/c1-39(2,3)32-21-19-26(20-22-32)30-18-14-27-13-17-29(23-31(27)24-30)25-11-15-28(16-12-25)33-8-6-9-35-34-7-4-5-10-36(34)38-37(33)35/h4-24H,1-3H3. The van der Waals surface area contributed by atoms with Gasteiger partial charge in [-0.1, -0.05) is 134 Å². The number of hydrogen-bond acceptors (Lipinski definition) is 1. The molecule has 1 heterocycles. The quantitative estimate of drug-likeness (QED) is 0.197. The monoisotopic (exact) mass is 534 g/mol. The number of hydrogen-bond donors (Lipinski definition) is 0. The molecule has 0 atom stereocenters. The van der Waals surface area contributed by atoms with E-state index in [2.05, 4.69) is 147 Å². The molecule has 0 aliphatic carbocycles. The van der Waals surface area contributed by atoms with Crippen molar-refractivity contribution in [2.45, 2.75) is 19.6 Å². The van der Waals surface area contributed by atoms with Crippen LogP contribution in [0.3, 0.4) is 0 Å². The fourth-order valence-electron chi connectivity index (χ4n) is 5.59. The summed E-state index contributed by atoms with van der Waals surface area (Å²) in [5.41, 5.74) is 7.62. The Labute approximate surface area is 235 Å². The highest BCUT2D eigenvalue weighted by Gasteiger charge is 2.16. The molecule has 2 heteroatoms. The van der Waals surface area contributed by atoms with E-state index < -0.39 is 8.07 Å². The minimum Gasteiger partial charge on any atom is -0.135 e. The maximum atomic E-state index is 2.40. The van der Waals surface area contributed by atoms with Gasteiger partial charge in [0.15, 0.2) is 0 Å². The topological polar surface area (TPSA) is 0 Å². The summed E-state index contributed by atoms with van der Waals surface area (Å²) >= 11 is 1.89. The van der Waals surface area contributed by atoms with E-state index in [9.17, 15) is 0 Å². The normalized spacial score (nSPS) is 12.0. The van der Waals surface area contributed by atoms with E-state index in [1.54, 1.807) is 0 Å². The number of benzene rings is 6. The Kier molecular flexibility index (Phi) is 5.77. The minimum absolute atomic E-state index is 1.24. The molecule has 6 aromatic carbocycles. The van der Waals surface area contributed by atoms with Gasteiger partial charge in [0, 0.05) is 20.2 Å². The lowest BCUT2D eigenvalue weighted by atomic mass is 9.96. The zero-order valence-electron chi connectivity index (χ0n) is 22.5. The van der Waals surface area contributed by atoms with Gasteiger partial charge >= 0.3 is 0 Å². The van der Waals surface area contributed by atoms with Crippen LogP contribution in [0.15, 0.2) is 127 Å². The van der Waals surface area contributed by atoms with Crippen molar-refractivity contribution in [1.82, 2.24) is 0 Å². The third kappa shape index (κ3) is 4.40. The zero-order chi connectivity index (χ0) is 26.6. The van der Waals surface area contributed by atoms with Gasteiger partial charge in [0.1, 0.15) is 0 Å². The molecule has 7 aromatic rings. The molecule has 1 aromatic heterocycles. The Balaban J connectivity index is 1.23. The van der Waals surface area contributed by atoms with Crippen molar-refractivity contribution < 1.29 is 0 Å². The summed E-state index contributed by atoms with van der Waals surface area (Å²) in [5.74, 6) is 0. The van der Waals surface area contributed by atoms with Crippen LogP contribution in [0.25, 0.3) is 64.3 Å². The van der Waals surface area contributed by atoms with Crippen molar-refractivity contribution in [3.63, 3.8) is 0 Å². The van der Waals surface area contributed by atoms with Gasteiger partial charge in [-0.2, -0.15) is 0 Å². The van der Waals surface area contributed by atoms with Gasteiger partial charge < -0.3 is 0 Å². The van der Waals surface area contributed by atoms with E-state index in [-0.39, 0.29) is 0 Å². The maximum absolute atomic E-state index is 2.40. The molecule has 39 heavy (non-hydrogen) atoms. The smallest absolute Gasteiger partial charge is 0.0775 e. The van der Waals surface area contributed by atoms with Crippen LogP contribution in [-0.4, -0.2) is 8.07 Å². The Morgan fingerprint density at radius 1 is 0.462 bits per heavy atom. The van der Waals surface area contributed by atoms with E-state index in [0.29, 0.717) is 0 Å². The summed E-state index contributed by atoms with van der Waals surface area (Å²) in [6.07, 6.45) is 0. The molecule has 0 bridgehead atoms. The van der Waals surface area contributed by atoms with Crippen molar-refractivity contribution in [2.24, 2.45) is 0 Å². The first-order valence-corrected chi connectivity index (χ1v) is 17.9. The van der Waals surface area contributed by atoms with Gasteiger partial charge in [-0.15, -0.1) is 11.3 Å². The van der Waals surface area contributed by atoms with Crippen LogP contribution in [0.4, 0.5) is 0 Å². The molecule has 0 N–H and O–H groups in total. The highest BCUT2D eigenvalue weighted by molar-refractivity contribution is 7.26. The van der Waals surface area contributed by atoms with Crippen molar-refractivity contribution in [1.29, 1.82) is 0 Å². The molecule has 0 unspecified atom stereocenters. The molecule has 0 fully saturated rings. The first kappa shape index (κ1) is 24.1. The van der Waals surface area contributed by atoms with Crippen LogP contribution in [0.1, 0.15) is 0 Å². The van der Waals surface area contributed by atoms with Crippen molar-refractivity contribution in [3.05, 3.63) is 127 Å². The van der Waals surface area contributed by atoms with Crippen LogP contribution in [-0.2, 0) is 0 Å². The Bertz CT molecular complexity index is 1970. The van der Waals surface area contributed by atoms with Crippen molar-refractivity contribution in [3.8, 4) is 33.4 Å². The molecule has 7 rings (SSSR count). The molecule has 0 saturated carbocycles. The van der Waals surface area contributed by atoms with Crippen LogP contribution in [0, 0.1) is 0 Å². The number of thiophene rings is 1. The van der Waals surface area contributed by atoms with Gasteiger partial charge in [-0.25, -0.2) is 0 Å². The molecule has 0 saturated heterocycles. The van der Waals surface area contributed by atoms with Gasteiger partial charge in [0.25, 0.3) is 0 Å². The minimum atomic E-state index is -1.29. The summed E-state index contributed by atoms with van der Waals surface area (Å²) < 4.78 is 2.71. The molecule has 0 radical (unpaired) electrons. The van der Waals surface area contributed by atoms with E-state index in [0.717, 1.165) is 0 Å². The summed E-state index contributed by atoms with van der Waals surface area (Å²) in [7, 11) is -1.29. The number of fused-ring (bicyclic) bond motifs is 4. The van der Waals surface area contributed by atoms with Gasteiger partial charge in [0.05, 0.1) is 8.07 Å². The highest BCUT2D eigenvalue weighted by atomic mass is 32.1. The molecular weight excluding hydrogens is 505 g/mol. The average Bonchev–Trinajstić information content (AvgIpc) is 3.35. The van der Waals surface area contributed by atoms with Crippen LogP contribution in [0.5, 0.6) is 0 Å². The second-order valence-corrected chi connectivity index (χ2v) is 17.6. The van der Waals surface area contributed by atoms with Crippen molar-refractivity contribution >= 4 is 55.5 Å². The third-order valence-corrected chi connectivity index (χ3v) is 11.1. The lowest BCUT2D eigenvalue weighted by Gasteiger charge is -2.17. The van der Waals surface area contributed by atoms with Crippen LogP contribution >= 0.6 is 11.3 Å². The Morgan fingerprint density at radius 3 is 1.69 bits per heavy atom. The second-order valence-electron chi connectivity index (χ2n) is 11.5. The van der Waals surface area contributed by atoms with E-state index in [1.807, 2.05) is 11.3 Å². The SMILES string of the molecule is C[Si](C)(C)c1ccc(-c2ccc3ccc(-c4ccc(-c5cccc6c5sc5ccccc56)cc4)cc3c2)cc1. The van der Waals surface area contributed by atoms with Gasteiger partial charge in [-0.3, -0.25) is 0 Å². The molecule has 0 aliphatic rings. The summed E-state index contributed by atoms with van der Waals surface area (Å²) in [6, 6.07) is 47.3. The lowest BCUT2D eigenvalue weighted by Crippen LogP contribution is -2.37. The fourth-order valence-corrected chi connectivity index (χ4v) is 7.99. The lowest BCUT2D eigenvalue weighted by molar-refractivity contribution is 1.62. The predicted octanol–water partition coefficient (Wildman–Crippen LogP) is 10.8. The van der Waals surface area contributed by atoms with E-state index >= 15 is 0 Å². The first-order chi connectivity index (χ1) is 18.9. The fraction of sp³-hybridized carbons (Fsp3) is 0.0811. The molecule has 188 valence electrons. The van der Waals surface area contributed by atoms with Gasteiger partial charge in [-0.05, 0) is 62.4 Å². The van der Waals surface area contributed by atoms with E-state index in [4.69, 9.17) is 0 Å². The maximum Gasteiger partial charge on any atom is 0.0775 e. The summed E-state index contributed by atoms with van der Waals surface area (Å²) in [6.45, 7) is 7.20. The van der Waals surface area contributed by atoms with Gasteiger partial charge in [0.2, 0.25) is 0 Å².